The molecule has 306 valence electrons. The zero-order valence-corrected chi connectivity index (χ0v) is 32.5. The second kappa shape index (κ2) is 16.8. The summed E-state index contributed by atoms with van der Waals surface area (Å²) in [5.74, 6) is -0.885. The summed E-state index contributed by atoms with van der Waals surface area (Å²) >= 11 is 0. The number of hydrogen-bond acceptors (Lipinski definition) is 9. The number of aromatic nitrogens is 4. The molecule has 8 rings (SSSR count). The molecule has 5 aromatic rings. The van der Waals surface area contributed by atoms with Crippen molar-refractivity contribution >= 4 is 23.9 Å². The molecular weight excluding hydrogens is 763 g/mol. The summed E-state index contributed by atoms with van der Waals surface area (Å²) in [5, 5.41) is 8.68. The van der Waals surface area contributed by atoms with Gasteiger partial charge in [0.2, 0.25) is 0 Å². The number of carbonyl (C=O) groups is 4. The fourth-order valence-corrected chi connectivity index (χ4v) is 8.25. The molecule has 4 heterocycles. The standard InChI is InChI=1S/C43H44F2N8O6/c1-58-42(56)51-35(24-10-11-24)38(54)29-16-17-46-37(29)40-48-22-33(50-40)28-15-13-26(20-31(28)45)25-12-14-27(30(44)19-25)32-21-47-39(49-32)34-9-6-18-53(34)41(55)36(52-43(57)59-2)23-7-4-3-5-8-23/h3-5,7-8,12-15,19-22,24,29,34-37,46H,6,9-11,16-18H2,1-2H3,(H,47,49)(H,48,50)(H,51,56)(H,52,57)/t29?,34-,35-,36+,37+/m0/s1. The van der Waals surface area contributed by atoms with Crippen LogP contribution < -0.4 is 16.0 Å². The van der Waals surface area contributed by atoms with Crippen LogP contribution in [0.5, 0.6) is 0 Å². The molecule has 2 saturated heterocycles. The van der Waals surface area contributed by atoms with Crippen molar-refractivity contribution in [2.24, 2.45) is 11.8 Å². The summed E-state index contributed by atoms with van der Waals surface area (Å²) in [6.45, 7) is 1.03. The van der Waals surface area contributed by atoms with E-state index >= 15 is 8.78 Å². The average molecular weight is 807 g/mol. The first kappa shape index (κ1) is 39.4. The number of nitrogens with zero attached hydrogens (tertiary/aromatic N) is 3. The second-order valence-electron chi connectivity index (χ2n) is 15.1. The molecule has 14 nitrogen and oxygen atoms in total. The van der Waals surface area contributed by atoms with Crippen molar-refractivity contribution in [3.8, 4) is 33.6 Å². The van der Waals surface area contributed by atoms with Gasteiger partial charge in [-0.1, -0.05) is 42.5 Å². The first-order valence-electron chi connectivity index (χ1n) is 19.7. The largest absolute Gasteiger partial charge is 0.453 e. The van der Waals surface area contributed by atoms with Gasteiger partial charge in [0.1, 0.15) is 29.3 Å². The van der Waals surface area contributed by atoms with Crippen LogP contribution in [0.1, 0.15) is 67.4 Å². The Labute approximate surface area is 338 Å². The van der Waals surface area contributed by atoms with E-state index in [2.05, 4.69) is 35.9 Å². The van der Waals surface area contributed by atoms with E-state index in [-0.39, 0.29) is 28.7 Å². The molecule has 16 heteroatoms. The van der Waals surface area contributed by atoms with Gasteiger partial charge in [0.15, 0.2) is 5.78 Å². The van der Waals surface area contributed by atoms with Crippen LogP contribution in [0.25, 0.3) is 33.6 Å². The van der Waals surface area contributed by atoms with E-state index in [1.807, 2.05) is 6.07 Å². The number of ether oxygens (including phenoxy) is 2. The fraction of sp³-hybridized carbons (Fsp3) is 0.349. The van der Waals surface area contributed by atoms with Gasteiger partial charge in [0.25, 0.3) is 5.91 Å². The molecule has 3 amide bonds. The molecule has 2 aliphatic heterocycles. The van der Waals surface area contributed by atoms with Crippen molar-refractivity contribution in [2.45, 2.75) is 56.3 Å². The Balaban J connectivity index is 0.958. The van der Waals surface area contributed by atoms with E-state index in [1.165, 1.54) is 32.5 Å². The summed E-state index contributed by atoms with van der Waals surface area (Å²) < 4.78 is 41.1. The lowest BCUT2D eigenvalue weighted by Gasteiger charge is -2.28. The van der Waals surface area contributed by atoms with E-state index in [4.69, 9.17) is 9.47 Å². The van der Waals surface area contributed by atoms with Gasteiger partial charge in [-0.2, -0.15) is 0 Å². The maximum Gasteiger partial charge on any atom is 0.407 e. The van der Waals surface area contributed by atoms with Gasteiger partial charge >= 0.3 is 12.2 Å². The third-order valence-corrected chi connectivity index (χ3v) is 11.5. The number of likely N-dealkylation sites (tertiary alicyclic amines) is 1. The van der Waals surface area contributed by atoms with Crippen LogP contribution in [-0.2, 0) is 19.1 Å². The Morgan fingerprint density at radius 1 is 0.847 bits per heavy atom. The molecule has 3 aromatic carbocycles. The highest BCUT2D eigenvalue weighted by molar-refractivity contribution is 5.91. The van der Waals surface area contributed by atoms with Crippen molar-refractivity contribution in [3.63, 3.8) is 0 Å². The van der Waals surface area contributed by atoms with E-state index in [1.54, 1.807) is 59.6 Å². The Hall–Kier alpha value is -6.42. The van der Waals surface area contributed by atoms with Gasteiger partial charge < -0.3 is 40.3 Å². The maximum atomic E-state index is 15.8. The number of Topliss-reactive ketones (excluding diaryl/α,β-unsaturated/α-hetero) is 1. The first-order valence-corrected chi connectivity index (χ1v) is 19.7. The Bertz CT molecular complexity index is 2360. The SMILES string of the molecule is COC(=O)N[C@H](C(=O)C1CCN[C@H]1c1nc(-c2ccc(-c3ccc(-c4cnc([C@@H]5CCCN5C(=O)[C@H](NC(=O)OC)c5ccccc5)[nH]4)c(F)c3)cc2F)c[nH]1)C1CC1. The minimum atomic E-state index is -0.970. The van der Waals surface area contributed by atoms with Gasteiger partial charge in [-0.3, -0.25) is 9.59 Å². The molecular formula is C43H44F2N8O6. The van der Waals surface area contributed by atoms with Crippen LogP contribution in [-0.4, -0.2) is 82.1 Å². The van der Waals surface area contributed by atoms with Crippen molar-refractivity contribution < 1.29 is 37.4 Å². The Morgan fingerprint density at radius 2 is 1.54 bits per heavy atom. The van der Waals surface area contributed by atoms with Crippen LogP contribution in [0, 0.1) is 23.5 Å². The van der Waals surface area contributed by atoms with Crippen LogP contribution in [0.4, 0.5) is 18.4 Å². The topological polar surface area (TPSA) is 183 Å². The van der Waals surface area contributed by atoms with Crippen LogP contribution in [0.2, 0.25) is 0 Å². The van der Waals surface area contributed by atoms with Crippen LogP contribution >= 0.6 is 0 Å². The number of H-pyrrole nitrogens is 2. The third kappa shape index (κ3) is 8.17. The summed E-state index contributed by atoms with van der Waals surface area (Å²) in [5.41, 5.74) is 2.77. The summed E-state index contributed by atoms with van der Waals surface area (Å²) in [6.07, 6.45) is 5.35. The number of ketones is 1. The lowest BCUT2D eigenvalue weighted by atomic mass is 9.89. The molecule has 1 aliphatic carbocycles. The highest BCUT2D eigenvalue weighted by Crippen LogP contribution is 2.39. The first-order chi connectivity index (χ1) is 28.6. The van der Waals surface area contributed by atoms with Crippen LogP contribution in [0.3, 0.4) is 0 Å². The lowest BCUT2D eigenvalue weighted by Crippen LogP contribution is -2.46. The molecule has 2 aromatic heterocycles. The molecule has 1 saturated carbocycles. The minimum Gasteiger partial charge on any atom is -0.453 e. The molecule has 0 radical (unpaired) electrons. The predicted octanol–water partition coefficient (Wildman–Crippen LogP) is 6.53. The summed E-state index contributed by atoms with van der Waals surface area (Å²) in [6, 6.07) is 15.7. The number of alkyl carbamates (subject to hydrolysis) is 2. The number of halogens is 2. The average Bonchev–Trinajstić information content (AvgIpc) is 3.71. The molecule has 3 fully saturated rings. The van der Waals surface area contributed by atoms with Crippen LogP contribution in [0.15, 0.2) is 79.1 Å². The smallest absolute Gasteiger partial charge is 0.407 e. The van der Waals surface area contributed by atoms with E-state index in [0.29, 0.717) is 72.1 Å². The van der Waals surface area contributed by atoms with Crippen molar-refractivity contribution in [1.82, 2.24) is 40.8 Å². The zero-order valence-electron chi connectivity index (χ0n) is 32.5. The lowest BCUT2D eigenvalue weighted by molar-refractivity contribution is -0.134. The van der Waals surface area contributed by atoms with E-state index in [0.717, 1.165) is 12.8 Å². The number of carbonyl (C=O) groups excluding carboxylic acids is 4. The van der Waals surface area contributed by atoms with Crippen molar-refractivity contribution in [3.05, 3.63) is 108 Å². The monoisotopic (exact) mass is 806 g/mol. The highest BCUT2D eigenvalue weighted by atomic mass is 19.1. The zero-order chi connectivity index (χ0) is 41.2. The van der Waals surface area contributed by atoms with Gasteiger partial charge in [-0.25, -0.2) is 28.3 Å². The second-order valence-corrected chi connectivity index (χ2v) is 15.1. The number of nitrogens with one attached hydrogen (secondary N) is 5. The quantitative estimate of drug-likeness (QED) is 0.0937. The Morgan fingerprint density at radius 3 is 2.22 bits per heavy atom. The number of methoxy groups -OCH3 is 2. The molecule has 1 unspecified atom stereocenters. The molecule has 3 aliphatic rings. The number of hydrogen-bond donors (Lipinski definition) is 5. The summed E-state index contributed by atoms with van der Waals surface area (Å²) in [4.78, 5) is 68.8. The van der Waals surface area contributed by atoms with Gasteiger partial charge in [-0.05, 0) is 85.5 Å². The van der Waals surface area contributed by atoms with Crippen molar-refractivity contribution in [1.29, 1.82) is 0 Å². The number of benzene rings is 3. The maximum absolute atomic E-state index is 15.8. The molecule has 5 N–H and O–H groups in total. The van der Waals surface area contributed by atoms with Gasteiger partial charge in [-0.15, -0.1) is 0 Å². The number of imidazole rings is 2. The molecule has 5 atom stereocenters. The minimum absolute atomic E-state index is 0.0800. The summed E-state index contributed by atoms with van der Waals surface area (Å²) in [7, 11) is 2.50. The number of amides is 3. The highest BCUT2D eigenvalue weighted by Gasteiger charge is 2.45. The predicted molar refractivity (Wildman–Crippen MR) is 211 cm³/mol. The fourth-order valence-electron chi connectivity index (χ4n) is 8.25. The van der Waals surface area contributed by atoms with Gasteiger partial charge in [0.05, 0.1) is 49.9 Å². The normalized spacial score (nSPS) is 19.9. The van der Waals surface area contributed by atoms with E-state index in [9.17, 15) is 19.2 Å². The van der Waals surface area contributed by atoms with Crippen molar-refractivity contribution in [2.75, 3.05) is 27.3 Å². The number of rotatable bonds is 12. The Kier molecular flexibility index (Phi) is 11.2. The third-order valence-electron chi connectivity index (χ3n) is 11.5. The number of aromatic amines is 2. The molecule has 0 bridgehead atoms. The van der Waals surface area contributed by atoms with E-state index < -0.39 is 53.9 Å². The molecule has 59 heavy (non-hydrogen) atoms. The van der Waals surface area contributed by atoms with Gasteiger partial charge in [0, 0.05) is 29.8 Å². The molecule has 0 spiro atoms.